The van der Waals surface area contributed by atoms with E-state index < -0.39 is 18.0 Å². The number of nitrogens with one attached hydrogen (secondary N) is 1. The minimum atomic E-state index is -1.11. The molecule has 2 aromatic heterocycles. The maximum atomic E-state index is 11.5. The molecule has 0 spiro atoms. The first-order chi connectivity index (χ1) is 10.1. The number of anilines is 1. The van der Waals surface area contributed by atoms with Crippen molar-refractivity contribution in [2.75, 3.05) is 12.4 Å². The van der Waals surface area contributed by atoms with E-state index in [1.807, 2.05) is 16.8 Å². The van der Waals surface area contributed by atoms with Gasteiger partial charge in [0.05, 0.1) is 7.11 Å². The number of carbonyl (C=O) groups is 2. The number of hydrogen-bond acceptors (Lipinski definition) is 7. The summed E-state index contributed by atoms with van der Waals surface area (Å²) in [5.41, 5.74) is 0.852. The van der Waals surface area contributed by atoms with Gasteiger partial charge in [0.15, 0.2) is 0 Å². The number of nitrogens with zero attached hydrogens (tertiary/aromatic N) is 3. The van der Waals surface area contributed by atoms with Crippen LogP contribution in [-0.4, -0.2) is 38.9 Å². The van der Waals surface area contributed by atoms with Crippen LogP contribution in [0.5, 0.6) is 0 Å². The number of esters is 1. The molecule has 0 aliphatic carbocycles. The van der Waals surface area contributed by atoms with Gasteiger partial charge in [-0.2, -0.15) is 16.3 Å². The molecule has 3 rings (SSSR count). The second-order valence-corrected chi connectivity index (χ2v) is 4.99. The maximum absolute atomic E-state index is 11.5. The van der Waals surface area contributed by atoms with Gasteiger partial charge in [0.1, 0.15) is 11.7 Å². The molecular formula is C12H10N4O4S. The van der Waals surface area contributed by atoms with Crippen LogP contribution >= 0.6 is 11.3 Å². The molecule has 1 unspecified atom stereocenters. The number of carbonyl (C=O) groups excluding carboxylic acids is 1. The lowest BCUT2D eigenvalue weighted by Crippen LogP contribution is -2.24. The normalized spacial score (nSPS) is 16.6. The molecule has 0 radical (unpaired) electrons. The maximum Gasteiger partial charge on any atom is 0.378 e. The van der Waals surface area contributed by atoms with Gasteiger partial charge >= 0.3 is 11.9 Å². The van der Waals surface area contributed by atoms with E-state index in [1.165, 1.54) is 29.2 Å². The fourth-order valence-corrected chi connectivity index (χ4v) is 2.67. The molecule has 1 aliphatic rings. The van der Waals surface area contributed by atoms with E-state index in [1.54, 1.807) is 0 Å². The number of aliphatic carboxylic acids is 1. The fraction of sp³-hybridized carbons (Fsp3) is 0.167. The van der Waals surface area contributed by atoms with Crippen molar-refractivity contribution in [3.63, 3.8) is 0 Å². The zero-order valence-electron chi connectivity index (χ0n) is 10.8. The van der Waals surface area contributed by atoms with Gasteiger partial charge in [-0.1, -0.05) is 0 Å². The molecule has 0 aromatic carbocycles. The minimum Gasteiger partial charge on any atom is -0.477 e. The molecule has 3 heterocycles. The lowest BCUT2D eigenvalue weighted by Gasteiger charge is -2.21. The molecule has 8 nitrogen and oxygen atoms in total. The molecule has 2 N–H and O–H groups in total. The molecule has 0 fully saturated rings. The van der Waals surface area contributed by atoms with Gasteiger partial charge in [0, 0.05) is 0 Å². The SMILES string of the molecule is COC(=O)c1nc2n(n1)C(c1ccsc1)C=C(C(=O)O)N2. The molecule has 1 aliphatic heterocycles. The molecule has 0 bridgehead atoms. The summed E-state index contributed by atoms with van der Waals surface area (Å²) < 4.78 is 6.04. The summed E-state index contributed by atoms with van der Waals surface area (Å²) in [6, 6.07) is 1.42. The van der Waals surface area contributed by atoms with Crippen molar-refractivity contribution in [2.24, 2.45) is 0 Å². The summed E-state index contributed by atoms with van der Waals surface area (Å²) in [4.78, 5) is 26.7. The Bertz CT molecular complexity index is 735. The molecule has 9 heteroatoms. The second-order valence-electron chi connectivity index (χ2n) is 4.21. The van der Waals surface area contributed by atoms with Crippen LogP contribution < -0.4 is 5.32 Å². The quantitative estimate of drug-likeness (QED) is 0.818. The summed E-state index contributed by atoms with van der Waals surface area (Å²) in [5.74, 6) is -1.73. The van der Waals surface area contributed by atoms with Crippen LogP contribution in [0.3, 0.4) is 0 Å². The highest BCUT2D eigenvalue weighted by Gasteiger charge is 2.29. The van der Waals surface area contributed by atoms with Gasteiger partial charge in [0.2, 0.25) is 5.95 Å². The van der Waals surface area contributed by atoms with Crippen LogP contribution in [0.4, 0.5) is 5.95 Å². The average molecular weight is 306 g/mol. The van der Waals surface area contributed by atoms with Crippen LogP contribution in [0.2, 0.25) is 0 Å². The zero-order valence-corrected chi connectivity index (χ0v) is 11.6. The number of fused-ring (bicyclic) bond motifs is 1. The lowest BCUT2D eigenvalue weighted by atomic mass is 10.1. The summed E-state index contributed by atoms with van der Waals surface area (Å²) in [5, 5.41) is 19.6. The summed E-state index contributed by atoms with van der Waals surface area (Å²) in [7, 11) is 1.23. The Morgan fingerprint density at radius 2 is 2.33 bits per heavy atom. The Balaban J connectivity index is 2.09. The summed E-state index contributed by atoms with van der Waals surface area (Å²) in [6.07, 6.45) is 1.52. The van der Waals surface area contributed by atoms with Crippen LogP contribution in [0.15, 0.2) is 28.6 Å². The van der Waals surface area contributed by atoms with E-state index in [2.05, 4.69) is 20.1 Å². The van der Waals surface area contributed by atoms with E-state index in [0.717, 1.165) is 5.56 Å². The predicted molar refractivity (Wildman–Crippen MR) is 73.2 cm³/mol. The molecule has 21 heavy (non-hydrogen) atoms. The molecule has 2 aromatic rings. The van der Waals surface area contributed by atoms with Crippen LogP contribution in [0, 0.1) is 0 Å². The number of ether oxygens (including phenoxy) is 1. The zero-order chi connectivity index (χ0) is 15.0. The van der Waals surface area contributed by atoms with Crippen molar-refractivity contribution in [3.05, 3.63) is 40.0 Å². The topological polar surface area (TPSA) is 106 Å². The predicted octanol–water partition coefficient (Wildman–Crippen LogP) is 1.11. The first kappa shape index (κ1) is 13.3. The van der Waals surface area contributed by atoms with Gasteiger partial charge in [-0.05, 0) is 28.5 Å². The molecule has 0 saturated carbocycles. The van der Waals surface area contributed by atoms with Crippen molar-refractivity contribution >= 4 is 29.2 Å². The Hall–Kier alpha value is -2.68. The lowest BCUT2D eigenvalue weighted by molar-refractivity contribution is -0.132. The van der Waals surface area contributed by atoms with Crippen LogP contribution in [0.25, 0.3) is 0 Å². The van der Waals surface area contributed by atoms with Crippen molar-refractivity contribution in [1.82, 2.24) is 14.8 Å². The number of rotatable bonds is 3. The van der Waals surface area contributed by atoms with E-state index >= 15 is 0 Å². The smallest absolute Gasteiger partial charge is 0.378 e. The Kier molecular flexibility index (Phi) is 3.18. The highest BCUT2D eigenvalue weighted by Crippen LogP contribution is 2.30. The number of hydrogen-bond donors (Lipinski definition) is 2. The second kappa shape index (κ2) is 5.02. The Labute approximate surface area is 122 Å². The Morgan fingerprint density at radius 1 is 1.52 bits per heavy atom. The molecule has 0 saturated heterocycles. The molecule has 0 amide bonds. The first-order valence-electron chi connectivity index (χ1n) is 5.89. The number of allylic oxidation sites excluding steroid dienone is 1. The van der Waals surface area contributed by atoms with E-state index in [9.17, 15) is 9.59 Å². The molecule has 1 atom stereocenters. The third kappa shape index (κ3) is 2.27. The van der Waals surface area contributed by atoms with Gasteiger partial charge in [-0.15, -0.1) is 5.10 Å². The standard InChI is InChI=1S/C12H10N4O4S/c1-20-11(19)9-14-12-13-7(10(17)18)4-8(16(12)15-9)6-2-3-21-5-6/h2-5,8H,1H3,(H,17,18)(H,13,14,15). The number of methoxy groups -OCH3 is 1. The van der Waals surface area contributed by atoms with E-state index in [-0.39, 0.29) is 17.5 Å². The summed E-state index contributed by atoms with van der Waals surface area (Å²) >= 11 is 1.48. The minimum absolute atomic E-state index is 0.0116. The van der Waals surface area contributed by atoms with Gasteiger partial charge in [-0.25, -0.2) is 14.3 Å². The molecule has 108 valence electrons. The van der Waals surface area contributed by atoms with Crippen molar-refractivity contribution in [3.8, 4) is 0 Å². The number of carboxylic acid groups (broad SMARTS) is 1. The first-order valence-corrected chi connectivity index (χ1v) is 6.83. The number of aromatic nitrogens is 3. The van der Waals surface area contributed by atoms with Crippen molar-refractivity contribution in [1.29, 1.82) is 0 Å². The van der Waals surface area contributed by atoms with E-state index in [4.69, 9.17) is 5.11 Å². The van der Waals surface area contributed by atoms with Crippen molar-refractivity contribution in [2.45, 2.75) is 6.04 Å². The average Bonchev–Trinajstić information content (AvgIpc) is 3.13. The summed E-state index contributed by atoms with van der Waals surface area (Å²) in [6.45, 7) is 0. The fourth-order valence-electron chi connectivity index (χ4n) is 1.98. The highest BCUT2D eigenvalue weighted by molar-refractivity contribution is 7.08. The number of thiophene rings is 1. The third-order valence-electron chi connectivity index (χ3n) is 2.95. The van der Waals surface area contributed by atoms with Crippen LogP contribution in [0.1, 0.15) is 22.2 Å². The largest absolute Gasteiger partial charge is 0.477 e. The van der Waals surface area contributed by atoms with Gasteiger partial charge < -0.3 is 15.2 Å². The van der Waals surface area contributed by atoms with Crippen LogP contribution in [-0.2, 0) is 9.53 Å². The number of carboxylic acids is 1. The van der Waals surface area contributed by atoms with E-state index in [0.29, 0.717) is 0 Å². The monoisotopic (exact) mass is 306 g/mol. The highest BCUT2D eigenvalue weighted by atomic mass is 32.1. The Morgan fingerprint density at radius 3 is 2.95 bits per heavy atom. The van der Waals surface area contributed by atoms with Crippen molar-refractivity contribution < 1.29 is 19.4 Å². The third-order valence-corrected chi connectivity index (χ3v) is 3.65. The molecular weight excluding hydrogens is 296 g/mol. The van der Waals surface area contributed by atoms with Gasteiger partial charge in [-0.3, -0.25) is 0 Å². The van der Waals surface area contributed by atoms with Gasteiger partial charge in [0.25, 0.3) is 5.82 Å².